The van der Waals surface area contributed by atoms with Crippen molar-refractivity contribution in [3.63, 3.8) is 0 Å². The molecule has 1 aromatic rings. The van der Waals surface area contributed by atoms with Gasteiger partial charge in [0.05, 0.1) is 5.60 Å². The maximum atomic E-state index is 10.1. The number of hydrogen-bond acceptors (Lipinski definition) is 3. The summed E-state index contributed by atoms with van der Waals surface area (Å²) in [5.74, 6) is -0.0583. The summed E-state index contributed by atoms with van der Waals surface area (Å²) < 4.78 is 0. The van der Waals surface area contributed by atoms with E-state index in [1.54, 1.807) is 6.07 Å². The van der Waals surface area contributed by atoms with Gasteiger partial charge in [-0.2, -0.15) is 0 Å². The van der Waals surface area contributed by atoms with Crippen molar-refractivity contribution in [3.05, 3.63) is 23.8 Å². The summed E-state index contributed by atoms with van der Waals surface area (Å²) in [5.41, 5.74) is -0.530. The second-order valence-electron chi connectivity index (χ2n) is 3.44. The van der Waals surface area contributed by atoms with Crippen molar-refractivity contribution in [3.8, 4) is 11.5 Å². The molecule has 1 aromatic carbocycles. The Morgan fingerprint density at radius 3 is 2.14 bits per heavy atom. The Kier molecular flexibility index (Phi) is 3.01. The monoisotopic (exact) mass is 196 g/mol. The second kappa shape index (κ2) is 3.88. The SMILES string of the molecule is CCC(O)(CC)c1ccc(O)cc1O. The van der Waals surface area contributed by atoms with Crippen LogP contribution < -0.4 is 0 Å². The van der Waals surface area contributed by atoms with Crippen LogP contribution in [0.3, 0.4) is 0 Å². The first-order valence-corrected chi connectivity index (χ1v) is 4.78. The third kappa shape index (κ3) is 1.82. The molecule has 0 bridgehead atoms. The van der Waals surface area contributed by atoms with Crippen molar-refractivity contribution in [2.75, 3.05) is 0 Å². The molecule has 0 amide bonds. The summed E-state index contributed by atoms with van der Waals surface area (Å²) in [6, 6.07) is 4.26. The zero-order valence-corrected chi connectivity index (χ0v) is 8.49. The van der Waals surface area contributed by atoms with Crippen molar-refractivity contribution in [1.29, 1.82) is 0 Å². The molecule has 1 rings (SSSR count). The van der Waals surface area contributed by atoms with Crippen LogP contribution in [-0.2, 0) is 5.60 Å². The highest BCUT2D eigenvalue weighted by atomic mass is 16.3. The van der Waals surface area contributed by atoms with Gasteiger partial charge in [-0.25, -0.2) is 0 Å². The minimum Gasteiger partial charge on any atom is -0.508 e. The molecule has 3 heteroatoms. The quantitative estimate of drug-likeness (QED) is 0.693. The molecule has 0 atom stereocenters. The molecule has 0 spiro atoms. The number of phenols is 2. The van der Waals surface area contributed by atoms with E-state index in [4.69, 9.17) is 5.11 Å². The normalized spacial score (nSPS) is 11.6. The molecule has 0 heterocycles. The molecule has 0 fully saturated rings. The van der Waals surface area contributed by atoms with Crippen molar-refractivity contribution < 1.29 is 15.3 Å². The lowest BCUT2D eigenvalue weighted by molar-refractivity contribution is 0.0261. The maximum absolute atomic E-state index is 10.1. The topological polar surface area (TPSA) is 60.7 Å². The van der Waals surface area contributed by atoms with Gasteiger partial charge in [0.25, 0.3) is 0 Å². The van der Waals surface area contributed by atoms with Gasteiger partial charge in [-0.1, -0.05) is 13.8 Å². The predicted molar refractivity (Wildman–Crippen MR) is 54.3 cm³/mol. The minimum atomic E-state index is -1.00. The molecule has 0 aliphatic rings. The van der Waals surface area contributed by atoms with Gasteiger partial charge in [-0.05, 0) is 25.0 Å². The van der Waals surface area contributed by atoms with Crippen LogP contribution in [0.2, 0.25) is 0 Å². The predicted octanol–water partition coefficient (Wildman–Crippen LogP) is 2.11. The summed E-state index contributed by atoms with van der Waals surface area (Å²) in [5, 5.41) is 28.8. The largest absolute Gasteiger partial charge is 0.508 e. The molecule has 0 saturated heterocycles. The first-order valence-electron chi connectivity index (χ1n) is 4.78. The number of benzene rings is 1. The van der Waals surface area contributed by atoms with Gasteiger partial charge in [0, 0.05) is 11.6 Å². The molecule has 0 aliphatic heterocycles. The fourth-order valence-electron chi connectivity index (χ4n) is 1.54. The molecule has 3 nitrogen and oxygen atoms in total. The van der Waals surface area contributed by atoms with E-state index in [1.807, 2.05) is 13.8 Å². The number of hydrogen-bond donors (Lipinski definition) is 3. The van der Waals surface area contributed by atoms with E-state index in [-0.39, 0.29) is 11.5 Å². The summed E-state index contributed by atoms with van der Waals surface area (Å²) in [6.07, 6.45) is 1.06. The zero-order chi connectivity index (χ0) is 10.8. The molecule has 0 saturated carbocycles. The molecule has 0 unspecified atom stereocenters. The van der Waals surface area contributed by atoms with Crippen molar-refractivity contribution in [2.45, 2.75) is 32.3 Å². The van der Waals surface area contributed by atoms with Crippen LogP contribution in [-0.4, -0.2) is 15.3 Å². The van der Waals surface area contributed by atoms with Gasteiger partial charge in [-0.3, -0.25) is 0 Å². The van der Waals surface area contributed by atoms with E-state index in [0.29, 0.717) is 18.4 Å². The number of phenolic OH excluding ortho intramolecular Hbond substituents is 2. The van der Waals surface area contributed by atoms with Crippen LogP contribution in [0.4, 0.5) is 0 Å². The van der Waals surface area contributed by atoms with Gasteiger partial charge < -0.3 is 15.3 Å². The lowest BCUT2D eigenvalue weighted by atomic mass is 9.88. The Hall–Kier alpha value is -1.22. The zero-order valence-electron chi connectivity index (χ0n) is 8.49. The maximum Gasteiger partial charge on any atom is 0.125 e. The van der Waals surface area contributed by atoms with Gasteiger partial charge in [0.15, 0.2) is 0 Å². The van der Waals surface area contributed by atoms with Gasteiger partial charge in [0.1, 0.15) is 11.5 Å². The van der Waals surface area contributed by atoms with E-state index in [0.717, 1.165) is 0 Å². The average Bonchev–Trinajstić information content (AvgIpc) is 2.17. The number of aromatic hydroxyl groups is 2. The summed E-state index contributed by atoms with van der Waals surface area (Å²) in [4.78, 5) is 0. The molecule has 0 radical (unpaired) electrons. The number of rotatable bonds is 3. The summed E-state index contributed by atoms with van der Waals surface area (Å²) in [7, 11) is 0. The van der Waals surface area contributed by atoms with Crippen LogP contribution in [0.5, 0.6) is 11.5 Å². The Morgan fingerprint density at radius 2 is 1.71 bits per heavy atom. The Balaban J connectivity index is 3.17. The summed E-state index contributed by atoms with van der Waals surface area (Å²) >= 11 is 0. The highest BCUT2D eigenvalue weighted by Gasteiger charge is 2.27. The molecule has 78 valence electrons. The molecular formula is C11H16O3. The third-order valence-electron chi connectivity index (χ3n) is 2.65. The van der Waals surface area contributed by atoms with Crippen LogP contribution >= 0.6 is 0 Å². The standard InChI is InChI=1S/C11H16O3/c1-3-11(14,4-2)9-6-5-8(12)7-10(9)13/h5-7,12-14H,3-4H2,1-2H3. The highest BCUT2D eigenvalue weighted by Crippen LogP contribution is 2.36. The first-order chi connectivity index (χ1) is 6.53. The van der Waals surface area contributed by atoms with E-state index in [9.17, 15) is 10.2 Å². The fourth-order valence-corrected chi connectivity index (χ4v) is 1.54. The number of aliphatic hydroxyl groups is 1. The molecule has 3 N–H and O–H groups in total. The second-order valence-corrected chi connectivity index (χ2v) is 3.44. The Labute approximate surface area is 83.6 Å². The van der Waals surface area contributed by atoms with E-state index < -0.39 is 5.60 Å². The van der Waals surface area contributed by atoms with Gasteiger partial charge in [0.2, 0.25) is 0 Å². The van der Waals surface area contributed by atoms with Crippen molar-refractivity contribution >= 4 is 0 Å². The van der Waals surface area contributed by atoms with Gasteiger partial charge >= 0.3 is 0 Å². The van der Waals surface area contributed by atoms with Crippen molar-refractivity contribution in [2.24, 2.45) is 0 Å². The molecule has 0 aliphatic carbocycles. The van der Waals surface area contributed by atoms with Crippen molar-refractivity contribution in [1.82, 2.24) is 0 Å². The highest BCUT2D eigenvalue weighted by molar-refractivity contribution is 5.42. The van der Waals surface area contributed by atoms with Crippen LogP contribution in [0.1, 0.15) is 32.3 Å². The molecule has 14 heavy (non-hydrogen) atoms. The smallest absolute Gasteiger partial charge is 0.125 e. The Morgan fingerprint density at radius 1 is 1.14 bits per heavy atom. The van der Waals surface area contributed by atoms with Gasteiger partial charge in [-0.15, -0.1) is 0 Å². The lowest BCUT2D eigenvalue weighted by Gasteiger charge is -2.26. The third-order valence-corrected chi connectivity index (χ3v) is 2.65. The minimum absolute atomic E-state index is 0.000746. The fraction of sp³-hybridized carbons (Fsp3) is 0.455. The first kappa shape index (κ1) is 10.9. The van der Waals surface area contributed by atoms with Crippen LogP contribution in [0.25, 0.3) is 0 Å². The van der Waals surface area contributed by atoms with Crippen LogP contribution in [0.15, 0.2) is 18.2 Å². The lowest BCUT2D eigenvalue weighted by Crippen LogP contribution is -2.23. The van der Waals surface area contributed by atoms with E-state index >= 15 is 0 Å². The van der Waals surface area contributed by atoms with E-state index in [1.165, 1.54) is 12.1 Å². The molecule has 0 aromatic heterocycles. The van der Waals surface area contributed by atoms with Crippen LogP contribution in [0, 0.1) is 0 Å². The molecular weight excluding hydrogens is 180 g/mol. The summed E-state index contributed by atoms with van der Waals surface area (Å²) in [6.45, 7) is 3.71. The van der Waals surface area contributed by atoms with E-state index in [2.05, 4.69) is 0 Å². The Bertz CT molecular complexity index is 316. The average molecular weight is 196 g/mol.